The van der Waals surface area contributed by atoms with Crippen LogP contribution in [0.2, 0.25) is 0 Å². The molecule has 0 aliphatic rings. The van der Waals surface area contributed by atoms with Crippen LogP contribution >= 0.6 is 0 Å². The molecule has 2 aromatic heterocycles. The number of benzene rings is 1. The lowest BCUT2D eigenvalue weighted by Crippen LogP contribution is -1.95. The minimum absolute atomic E-state index is 0.0227. The second-order valence-corrected chi connectivity index (χ2v) is 4.30. The molecule has 2 heterocycles. The largest absolute Gasteiger partial charge is 0.504 e. The number of aromatic nitrogens is 4. The van der Waals surface area contributed by atoms with Crippen LogP contribution in [0.25, 0.3) is 17.3 Å². The Bertz CT molecular complexity index is 721. The standard InChI is InChI=1S/C14H14N4O3/c1-2-20-9-12-15-14(21-17-12)13-11(19)8-18(16-13)10-6-4-3-5-7-10/h3-8,19H,2,9H2,1H3. The Hall–Kier alpha value is -2.67. The van der Waals surface area contributed by atoms with Crippen molar-refractivity contribution in [2.75, 3.05) is 6.61 Å². The molecule has 0 amide bonds. The highest BCUT2D eigenvalue weighted by molar-refractivity contribution is 5.56. The predicted molar refractivity (Wildman–Crippen MR) is 73.9 cm³/mol. The van der Waals surface area contributed by atoms with Gasteiger partial charge in [0.15, 0.2) is 17.3 Å². The van der Waals surface area contributed by atoms with Crippen LogP contribution in [0, 0.1) is 0 Å². The maximum Gasteiger partial charge on any atom is 0.282 e. The summed E-state index contributed by atoms with van der Waals surface area (Å²) >= 11 is 0. The minimum atomic E-state index is -0.0227. The Balaban J connectivity index is 1.89. The summed E-state index contributed by atoms with van der Waals surface area (Å²) < 4.78 is 11.9. The van der Waals surface area contributed by atoms with Crippen molar-refractivity contribution in [3.05, 3.63) is 42.4 Å². The summed E-state index contributed by atoms with van der Waals surface area (Å²) in [6, 6.07) is 9.45. The van der Waals surface area contributed by atoms with Crippen molar-refractivity contribution in [2.24, 2.45) is 0 Å². The molecule has 3 aromatic rings. The maximum absolute atomic E-state index is 9.99. The van der Waals surface area contributed by atoms with Crippen molar-refractivity contribution in [3.8, 4) is 23.0 Å². The van der Waals surface area contributed by atoms with Crippen LogP contribution in [0.5, 0.6) is 5.75 Å². The van der Waals surface area contributed by atoms with Crippen molar-refractivity contribution >= 4 is 0 Å². The van der Waals surface area contributed by atoms with Crippen LogP contribution in [0.4, 0.5) is 0 Å². The third kappa shape index (κ3) is 2.77. The lowest BCUT2D eigenvalue weighted by molar-refractivity contribution is 0.126. The first-order chi connectivity index (χ1) is 10.3. The molecule has 0 radical (unpaired) electrons. The van der Waals surface area contributed by atoms with E-state index in [4.69, 9.17) is 9.26 Å². The molecule has 0 aliphatic carbocycles. The molecule has 0 fully saturated rings. The van der Waals surface area contributed by atoms with Crippen LogP contribution in [0.1, 0.15) is 12.7 Å². The number of ether oxygens (including phenoxy) is 1. The Kier molecular flexibility index (Phi) is 3.65. The van der Waals surface area contributed by atoms with Crippen LogP contribution < -0.4 is 0 Å². The third-order valence-corrected chi connectivity index (χ3v) is 2.82. The molecule has 0 spiro atoms. The Morgan fingerprint density at radius 1 is 1.29 bits per heavy atom. The van der Waals surface area contributed by atoms with Gasteiger partial charge in [0, 0.05) is 6.61 Å². The third-order valence-electron chi connectivity index (χ3n) is 2.82. The highest BCUT2D eigenvalue weighted by Crippen LogP contribution is 2.27. The summed E-state index contributed by atoms with van der Waals surface area (Å²) in [7, 11) is 0. The molecule has 0 unspecified atom stereocenters. The van der Waals surface area contributed by atoms with E-state index in [0.717, 1.165) is 5.69 Å². The van der Waals surface area contributed by atoms with Crippen LogP contribution in [-0.2, 0) is 11.3 Å². The SMILES string of the molecule is CCOCc1noc(-c2nn(-c3ccccc3)cc2O)n1. The second-order valence-electron chi connectivity index (χ2n) is 4.30. The van der Waals surface area contributed by atoms with Gasteiger partial charge in [-0.05, 0) is 19.1 Å². The molecule has 0 saturated carbocycles. The molecule has 0 saturated heterocycles. The van der Waals surface area contributed by atoms with Gasteiger partial charge in [0.05, 0.1) is 11.9 Å². The zero-order valence-corrected chi connectivity index (χ0v) is 11.4. The minimum Gasteiger partial charge on any atom is -0.504 e. The average Bonchev–Trinajstić information content (AvgIpc) is 3.12. The number of hydrogen-bond donors (Lipinski definition) is 1. The molecule has 7 heteroatoms. The van der Waals surface area contributed by atoms with Crippen molar-refractivity contribution in [2.45, 2.75) is 13.5 Å². The molecule has 3 rings (SSSR count). The Morgan fingerprint density at radius 3 is 2.86 bits per heavy atom. The summed E-state index contributed by atoms with van der Waals surface area (Å²) in [4.78, 5) is 4.15. The number of nitrogens with zero attached hydrogens (tertiary/aromatic N) is 4. The predicted octanol–water partition coefficient (Wildman–Crippen LogP) is 2.16. The van der Waals surface area contributed by atoms with Crippen LogP contribution in [0.3, 0.4) is 0 Å². The maximum atomic E-state index is 9.99. The van der Waals surface area contributed by atoms with Gasteiger partial charge in [-0.2, -0.15) is 10.1 Å². The van der Waals surface area contributed by atoms with Gasteiger partial charge in [0.25, 0.3) is 5.89 Å². The highest BCUT2D eigenvalue weighted by atomic mass is 16.5. The van der Waals surface area contributed by atoms with Gasteiger partial charge in [-0.25, -0.2) is 4.68 Å². The van der Waals surface area contributed by atoms with Gasteiger partial charge >= 0.3 is 0 Å². The van der Waals surface area contributed by atoms with Gasteiger partial charge < -0.3 is 14.4 Å². The number of aromatic hydroxyl groups is 1. The number of para-hydroxylation sites is 1. The van der Waals surface area contributed by atoms with Crippen LogP contribution in [0.15, 0.2) is 41.1 Å². The van der Waals surface area contributed by atoms with Gasteiger partial charge in [0.1, 0.15) is 6.61 Å². The fraction of sp³-hybridized carbons (Fsp3) is 0.214. The molecule has 0 aliphatic heterocycles. The number of hydrogen-bond acceptors (Lipinski definition) is 6. The monoisotopic (exact) mass is 286 g/mol. The topological polar surface area (TPSA) is 86.2 Å². The smallest absolute Gasteiger partial charge is 0.282 e. The first kappa shape index (κ1) is 13.3. The molecule has 0 atom stereocenters. The summed E-state index contributed by atoms with van der Waals surface area (Å²) in [5.74, 6) is 0.558. The molecule has 21 heavy (non-hydrogen) atoms. The molecule has 1 N–H and O–H groups in total. The van der Waals surface area contributed by atoms with Crippen molar-refractivity contribution in [1.29, 1.82) is 0 Å². The Labute approximate surface area is 120 Å². The normalized spacial score (nSPS) is 10.9. The summed E-state index contributed by atoms with van der Waals surface area (Å²) in [5, 5.41) is 18.0. The zero-order chi connectivity index (χ0) is 14.7. The fourth-order valence-corrected chi connectivity index (χ4v) is 1.83. The van der Waals surface area contributed by atoms with Gasteiger partial charge in [-0.3, -0.25) is 0 Å². The van der Waals surface area contributed by atoms with E-state index in [0.29, 0.717) is 12.4 Å². The van der Waals surface area contributed by atoms with Gasteiger partial charge in [-0.1, -0.05) is 23.4 Å². The lowest BCUT2D eigenvalue weighted by Gasteiger charge is -1.98. The Morgan fingerprint density at radius 2 is 2.10 bits per heavy atom. The summed E-state index contributed by atoms with van der Waals surface area (Å²) in [6.45, 7) is 2.71. The summed E-state index contributed by atoms with van der Waals surface area (Å²) in [6.07, 6.45) is 1.50. The van der Waals surface area contributed by atoms with Crippen molar-refractivity contribution < 1.29 is 14.4 Å². The average molecular weight is 286 g/mol. The molecule has 0 bridgehead atoms. The first-order valence-corrected chi connectivity index (χ1v) is 6.52. The van der Waals surface area contributed by atoms with E-state index in [1.165, 1.54) is 6.20 Å². The van der Waals surface area contributed by atoms with E-state index in [1.54, 1.807) is 4.68 Å². The molecule has 7 nitrogen and oxygen atoms in total. The first-order valence-electron chi connectivity index (χ1n) is 6.52. The zero-order valence-electron chi connectivity index (χ0n) is 11.4. The second kappa shape index (κ2) is 5.76. The van der Waals surface area contributed by atoms with Gasteiger partial charge in [-0.15, -0.1) is 0 Å². The quantitative estimate of drug-likeness (QED) is 0.773. The fourth-order valence-electron chi connectivity index (χ4n) is 1.83. The van der Waals surface area contributed by atoms with Crippen molar-refractivity contribution in [1.82, 2.24) is 19.9 Å². The summed E-state index contributed by atoms with van der Waals surface area (Å²) in [5.41, 5.74) is 1.07. The molecule has 1 aromatic carbocycles. The highest BCUT2D eigenvalue weighted by Gasteiger charge is 2.18. The molecule has 108 valence electrons. The van der Waals surface area contributed by atoms with E-state index in [-0.39, 0.29) is 23.9 Å². The van der Waals surface area contributed by atoms with Crippen molar-refractivity contribution in [3.63, 3.8) is 0 Å². The van der Waals surface area contributed by atoms with Gasteiger partial charge in [0.2, 0.25) is 0 Å². The van der Waals surface area contributed by atoms with E-state index in [2.05, 4.69) is 15.2 Å². The van der Waals surface area contributed by atoms with E-state index < -0.39 is 0 Å². The molecular formula is C14H14N4O3. The van der Waals surface area contributed by atoms with E-state index in [9.17, 15) is 5.11 Å². The lowest BCUT2D eigenvalue weighted by atomic mass is 10.3. The number of rotatable bonds is 5. The van der Waals surface area contributed by atoms with E-state index >= 15 is 0 Å². The van der Waals surface area contributed by atoms with E-state index in [1.807, 2.05) is 37.3 Å². The molecular weight excluding hydrogens is 272 g/mol. The van der Waals surface area contributed by atoms with Crippen LogP contribution in [-0.4, -0.2) is 31.6 Å².